The average molecular weight is 836 g/mol. The summed E-state index contributed by atoms with van der Waals surface area (Å²) in [4.78, 5) is 57.0. The minimum absolute atomic E-state index is 0.0384. The SMILES string of the molecule is CC(N)c1ccc(C(=O)Nc2ccccc2C(=O)Nc2ccc(Cl)cn2)c(OC2CCCNC2)c1.O=C(O)C(F)(F)F.O=C(O)C(F)(F)F.O=C(O)C(F)(F)F. The van der Waals surface area contributed by atoms with E-state index in [1.54, 1.807) is 42.5 Å². The summed E-state index contributed by atoms with van der Waals surface area (Å²) in [5, 5.41) is 30.7. The second kappa shape index (κ2) is 21.4. The van der Waals surface area contributed by atoms with E-state index in [0.717, 1.165) is 24.9 Å². The molecule has 0 radical (unpaired) electrons. The molecule has 1 aromatic heterocycles. The number of carboxylic acid groups (broad SMARTS) is 3. The van der Waals surface area contributed by atoms with Gasteiger partial charge >= 0.3 is 36.4 Å². The number of anilines is 2. The first kappa shape index (κ1) is 48.3. The lowest BCUT2D eigenvalue weighted by atomic mass is 10.0. The number of hydrogen-bond acceptors (Lipinski definition) is 9. The number of rotatable bonds is 7. The number of aliphatic carboxylic acids is 3. The topological polar surface area (TPSA) is 230 Å². The number of alkyl halides is 9. The minimum Gasteiger partial charge on any atom is -0.488 e. The van der Waals surface area contributed by atoms with Gasteiger partial charge in [-0.2, -0.15) is 39.5 Å². The van der Waals surface area contributed by atoms with Crippen molar-refractivity contribution in [2.45, 2.75) is 50.4 Å². The van der Waals surface area contributed by atoms with Gasteiger partial charge < -0.3 is 41.7 Å². The highest BCUT2D eigenvalue weighted by atomic mass is 35.5. The Bertz CT molecular complexity index is 1750. The third-order valence-corrected chi connectivity index (χ3v) is 6.66. The van der Waals surface area contributed by atoms with Crippen LogP contribution in [0.15, 0.2) is 60.8 Å². The molecule has 56 heavy (non-hydrogen) atoms. The van der Waals surface area contributed by atoms with Crippen molar-refractivity contribution in [3.05, 3.63) is 82.5 Å². The van der Waals surface area contributed by atoms with Crippen molar-refractivity contribution in [2.75, 3.05) is 23.7 Å². The number of halogens is 10. The number of hydrogen-bond donors (Lipinski definition) is 7. The van der Waals surface area contributed by atoms with E-state index < -0.39 is 42.3 Å². The molecule has 308 valence electrons. The van der Waals surface area contributed by atoms with Crippen LogP contribution >= 0.6 is 11.6 Å². The monoisotopic (exact) mass is 835 g/mol. The van der Waals surface area contributed by atoms with Crippen molar-refractivity contribution in [2.24, 2.45) is 5.73 Å². The van der Waals surface area contributed by atoms with Gasteiger partial charge in [-0.25, -0.2) is 19.4 Å². The predicted molar refractivity (Wildman–Crippen MR) is 178 cm³/mol. The molecule has 14 nitrogen and oxygen atoms in total. The van der Waals surface area contributed by atoms with Crippen LogP contribution in [0.25, 0.3) is 0 Å². The van der Waals surface area contributed by atoms with Crippen molar-refractivity contribution in [3.63, 3.8) is 0 Å². The Kier molecular flexibility index (Phi) is 18.5. The Morgan fingerprint density at radius 2 is 1.34 bits per heavy atom. The summed E-state index contributed by atoms with van der Waals surface area (Å²) >= 11 is 5.86. The first-order chi connectivity index (χ1) is 25.7. The highest BCUT2D eigenvalue weighted by Gasteiger charge is 2.39. The molecule has 1 fully saturated rings. The van der Waals surface area contributed by atoms with Crippen LogP contribution in [0.4, 0.5) is 51.0 Å². The molecule has 3 aromatic rings. The van der Waals surface area contributed by atoms with Crippen molar-refractivity contribution in [3.8, 4) is 5.75 Å². The Hall–Kier alpha value is -5.68. The first-order valence-electron chi connectivity index (χ1n) is 15.2. The Morgan fingerprint density at radius 3 is 1.79 bits per heavy atom. The summed E-state index contributed by atoms with van der Waals surface area (Å²) in [6.07, 6.45) is -11.9. The predicted octanol–water partition coefficient (Wildman–Crippen LogP) is 6.29. The quantitative estimate of drug-likeness (QED) is 0.130. The number of carbonyl (C=O) groups is 5. The molecule has 8 N–H and O–H groups in total. The van der Waals surface area contributed by atoms with Gasteiger partial charge in [-0.05, 0) is 68.3 Å². The molecule has 1 aliphatic rings. The number of nitrogens with two attached hydrogens (primary N) is 1. The molecule has 2 amide bonds. The summed E-state index contributed by atoms with van der Waals surface area (Å²) in [6.45, 7) is 3.55. The highest BCUT2D eigenvalue weighted by molar-refractivity contribution is 6.30. The molecule has 2 aromatic carbocycles. The third-order valence-electron chi connectivity index (χ3n) is 6.44. The van der Waals surface area contributed by atoms with Gasteiger partial charge in [0.05, 0.1) is 21.8 Å². The van der Waals surface area contributed by atoms with E-state index in [1.807, 2.05) is 19.1 Å². The van der Waals surface area contributed by atoms with Crippen LogP contribution in [0.1, 0.15) is 52.1 Å². The molecular weight excluding hydrogens is 805 g/mol. The fourth-order valence-electron chi connectivity index (χ4n) is 3.82. The van der Waals surface area contributed by atoms with Crippen LogP contribution in [0.5, 0.6) is 5.75 Å². The summed E-state index contributed by atoms with van der Waals surface area (Å²) < 4.78 is 101. The smallest absolute Gasteiger partial charge is 0.488 e. The summed E-state index contributed by atoms with van der Waals surface area (Å²) in [6, 6.07) is 15.1. The second-order valence-corrected chi connectivity index (χ2v) is 11.3. The third kappa shape index (κ3) is 17.6. The lowest BCUT2D eigenvalue weighted by Crippen LogP contribution is -2.37. The number of amides is 2. The molecule has 2 heterocycles. The van der Waals surface area contributed by atoms with Crippen molar-refractivity contribution in [1.82, 2.24) is 10.3 Å². The number of benzene rings is 2. The highest BCUT2D eigenvalue weighted by Crippen LogP contribution is 2.28. The second-order valence-electron chi connectivity index (χ2n) is 10.9. The van der Waals surface area contributed by atoms with Gasteiger partial charge in [0.1, 0.15) is 17.7 Å². The van der Waals surface area contributed by atoms with Crippen LogP contribution < -0.4 is 26.4 Å². The lowest BCUT2D eigenvalue weighted by Gasteiger charge is -2.25. The van der Waals surface area contributed by atoms with Gasteiger partial charge in [0, 0.05) is 18.8 Å². The van der Waals surface area contributed by atoms with E-state index in [0.29, 0.717) is 39.9 Å². The van der Waals surface area contributed by atoms with Crippen molar-refractivity contribution >= 4 is 52.8 Å². The molecular formula is C32H31ClF9N5O9. The molecule has 2 unspecified atom stereocenters. The average Bonchev–Trinajstić information content (AvgIpc) is 3.09. The Morgan fingerprint density at radius 1 is 0.821 bits per heavy atom. The molecule has 1 saturated heterocycles. The molecule has 0 aliphatic carbocycles. The normalized spacial score (nSPS) is 14.4. The van der Waals surface area contributed by atoms with Crippen LogP contribution in [0, 0.1) is 0 Å². The standard InChI is InChI=1S/C26H28ClN5O3.3C2HF3O2/c1-16(28)17-8-10-21(23(13-17)35-19-5-4-12-29-15-19)26(34)31-22-7-3-2-6-20(22)25(33)32-24-11-9-18(27)14-30-24;3*3-2(4,5)1(6)7/h2-3,6-11,13-14,16,19,29H,4-5,12,15,28H2,1H3,(H,31,34)(H,30,32,33);3*(H,6,7). The zero-order valence-electron chi connectivity index (χ0n) is 28.4. The molecule has 0 saturated carbocycles. The van der Waals surface area contributed by atoms with Crippen LogP contribution in [0.2, 0.25) is 5.02 Å². The minimum atomic E-state index is -5.08. The van der Waals surface area contributed by atoms with Gasteiger partial charge in [-0.1, -0.05) is 29.8 Å². The maximum Gasteiger partial charge on any atom is 0.490 e. The maximum absolute atomic E-state index is 13.3. The number of nitrogens with one attached hydrogen (secondary N) is 3. The summed E-state index contributed by atoms with van der Waals surface area (Å²) in [7, 11) is 0. The fraction of sp³-hybridized carbons (Fsp3) is 0.312. The Labute approximate surface area is 314 Å². The van der Waals surface area contributed by atoms with E-state index in [2.05, 4.69) is 20.9 Å². The number of piperidine rings is 1. The molecule has 0 spiro atoms. The van der Waals surface area contributed by atoms with E-state index in [9.17, 15) is 49.1 Å². The molecule has 1 aliphatic heterocycles. The largest absolute Gasteiger partial charge is 0.490 e. The van der Waals surface area contributed by atoms with Crippen LogP contribution in [-0.4, -0.2) is 87.7 Å². The van der Waals surface area contributed by atoms with E-state index in [-0.39, 0.29) is 18.1 Å². The fourth-order valence-corrected chi connectivity index (χ4v) is 3.93. The van der Waals surface area contributed by atoms with Gasteiger partial charge in [0.2, 0.25) is 0 Å². The Balaban J connectivity index is 0.000000610. The maximum atomic E-state index is 13.3. The van der Waals surface area contributed by atoms with Gasteiger partial charge in [-0.3, -0.25) is 9.59 Å². The van der Waals surface area contributed by atoms with Gasteiger partial charge in [0.25, 0.3) is 11.8 Å². The number of carbonyl (C=O) groups excluding carboxylic acids is 2. The molecule has 24 heteroatoms. The zero-order valence-corrected chi connectivity index (χ0v) is 29.1. The number of carboxylic acids is 3. The molecule has 0 bridgehead atoms. The van der Waals surface area contributed by atoms with Crippen molar-refractivity contribution < 1.29 is 83.5 Å². The molecule has 2 atom stereocenters. The van der Waals surface area contributed by atoms with Gasteiger partial charge in [0.15, 0.2) is 0 Å². The number of aromatic nitrogens is 1. The number of nitrogens with zero attached hydrogens (tertiary/aromatic N) is 1. The number of ether oxygens (including phenoxy) is 1. The van der Waals surface area contributed by atoms with Crippen LogP contribution in [-0.2, 0) is 14.4 Å². The van der Waals surface area contributed by atoms with Crippen LogP contribution in [0.3, 0.4) is 0 Å². The number of pyridine rings is 1. The first-order valence-corrected chi connectivity index (χ1v) is 15.6. The van der Waals surface area contributed by atoms with Gasteiger partial charge in [-0.15, -0.1) is 0 Å². The van der Waals surface area contributed by atoms with E-state index in [1.165, 1.54) is 6.20 Å². The number of para-hydroxylation sites is 1. The van der Waals surface area contributed by atoms with Crippen molar-refractivity contribution in [1.29, 1.82) is 0 Å². The zero-order chi connectivity index (χ0) is 43.0. The summed E-state index contributed by atoms with van der Waals surface area (Å²) in [5.74, 6) is -8.24. The van der Waals surface area contributed by atoms with E-state index in [4.69, 9.17) is 51.8 Å². The molecule has 4 rings (SSSR count). The van der Waals surface area contributed by atoms with E-state index >= 15 is 0 Å². The lowest BCUT2D eigenvalue weighted by molar-refractivity contribution is -0.193. The summed E-state index contributed by atoms with van der Waals surface area (Å²) in [5.41, 5.74) is 7.97.